The first-order valence-electron chi connectivity index (χ1n) is 19.1. The molecule has 0 saturated carbocycles. The number of hydrogen-bond acceptors (Lipinski definition) is 4. The third-order valence-corrected chi connectivity index (χ3v) is 8.92. The highest BCUT2D eigenvalue weighted by molar-refractivity contribution is 7.85. The van der Waals surface area contributed by atoms with Gasteiger partial charge in [0.25, 0.3) is 10.1 Å². The van der Waals surface area contributed by atoms with Gasteiger partial charge in [0.05, 0.1) is 17.9 Å². The van der Waals surface area contributed by atoms with Crippen LogP contribution < -0.4 is 5.32 Å². The molecule has 276 valence electrons. The van der Waals surface area contributed by atoms with E-state index in [-0.39, 0.29) is 12.3 Å². The van der Waals surface area contributed by atoms with Crippen LogP contribution in [0.25, 0.3) is 0 Å². The minimum atomic E-state index is -4.36. The molecule has 0 aromatic rings. The summed E-state index contributed by atoms with van der Waals surface area (Å²) in [6, 6.07) is -1.08. The number of aliphatic hydroxyl groups excluding tert-OH is 1. The summed E-state index contributed by atoms with van der Waals surface area (Å²) in [5, 5.41) is 13.2. The highest BCUT2D eigenvalue weighted by atomic mass is 32.2. The van der Waals surface area contributed by atoms with Crippen molar-refractivity contribution in [2.24, 2.45) is 0 Å². The van der Waals surface area contributed by atoms with Gasteiger partial charge in [-0.05, 0) is 64.2 Å². The normalized spacial score (nSPS) is 14.2. The van der Waals surface area contributed by atoms with Crippen molar-refractivity contribution in [3.05, 3.63) is 72.9 Å². The Bertz CT molecular complexity index is 1030. The Hall–Kier alpha value is -2.22. The van der Waals surface area contributed by atoms with Crippen LogP contribution in [0.4, 0.5) is 0 Å². The van der Waals surface area contributed by atoms with Crippen molar-refractivity contribution in [3.63, 3.8) is 0 Å². The van der Waals surface area contributed by atoms with Gasteiger partial charge in [-0.25, -0.2) is 0 Å². The van der Waals surface area contributed by atoms with Gasteiger partial charge in [0.2, 0.25) is 5.91 Å². The number of hydrogen-bond donors (Lipinski definition) is 3. The van der Waals surface area contributed by atoms with E-state index in [1.807, 2.05) is 6.08 Å². The summed E-state index contributed by atoms with van der Waals surface area (Å²) >= 11 is 0. The van der Waals surface area contributed by atoms with Crippen LogP contribution in [-0.2, 0) is 14.9 Å². The van der Waals surface area contributed by atoms with E-state index in [4.69, 9.17) is 0 Å². The van der Waals surface area contributed by atoms with E-state index < -0.39 is 28.0 Å². The smallest absolute Gasteiger partial charge is 0.267 e. The van der Waals surface area contributed by atoms with E-state index in [9.17, 15) is 22.9 Å². The summed E-state index contributed by atoms with van der Waals surface area (Å²) in [6.07, 6.45) is 48.8. The van der Waals surface area contributed by atoms with Crippen LogP contribution in [0, 0.1) is 0 Å². The molecule has 1 amide bonds. The van der Waals surface area contributed by atoms with Crippen LogP contribution in [0.2, 0.25) is 0 Å². The maximum atomic E-state index is 12.5. The molecule has 6 nitrogen and oxygen atoms in total. The third-order valence-electron chi connectivity index (χ3n) is 8.14. The number of nitrogens with one attached hydrogen (secondary N) is 1. The minimum Gasteiger partial charge on any atom is -0.387 e. The van der Waals surface area contributed by atoms with Crippen molar-refractivity contribution in [3.8, 4) is 0 Å². The van der Waals surface area contributed by atoms with Gasteiger partial charge in [0.1, 0.15) is 0 Å². The molecular formula is C41H71NO5S. The maximum Gasteiger partial charge on any atom is 0.267 e. The number of aliphatic hydroxyl groups is 1. The van der Waals surface area contributed by atoms with E-state index >= 15 is 0 Å². The second kappa shape index (κ2) is 34.6. The van der Waals surface area contributed by atoms with Crippen molar-refractivity contribution in [2.45, 2.75) is 174 Å². The lowest BCUT2D eigenvalue weighted by molar-refractivity contribution is -0.122. The number of rotatable bonds is 33. The fourth-order valence-corrected chi connectivity index (χ4v) is 6.03. The topological polar surface area (TPSA) is 104 Å². The van der Waals surface area contributed by atoms with Gasteiger partial charge in [0, 0.05) is 6.42 Å². The quantitative estimate of drug-likeness (QED) is 0.0361. The van der Waals surface area contributed by atoms with Gasteiger partial charge in [-0.15, -0.1) is 0 Å². The number of carbonyl (C=O) groups excluding carboxylic acids is 1. The van der Waals surface area contributed by atoms with Gasteiger partial charge in [-0.3, -0.25) is 9.35 Å². The molecule has 0 aliphatic carbocycles. The zero-order valence-electron chi connectivity index (χ0n) is 30.6. The Morgan fingerprint density at radius 3 is 1.48 bits per heavy atom. The van der Waals surface area contributed by atoms with Gasteiger partial charge >= 0.3 is 0 Å². The molecule has 2 atom stereocenters. The highest BCUT2D eigenvalue weighted by Gasteiger charge is 2.24. The first-order valence-corrected chi connectivity index (χ1v) is 20.7. The zero-order chi connectivity index (χ0) is 35.4. The molecule has 7 heteroatoms. The lowest BCUT2D eigenvalue weighted by atomic mass is 10.0. The van der Waals surface area contributed by atoms with Gasteiger partial charge < -0.3 is 10.4 Å². The van der Waals surface area contributed by atoms with Crippen LogP contribution in [0.1, 0.15) is 162 Å². The van der Waals surface area contributed by atoms with Crippen LogP contribution in [0.15, 0.2) is 72.9 Å². The van der Waals surface area contributed by atoms with E-state index in [0.29, 0.717) is 6.42 Å². The lowest BCUT2D eigenvalue weighted by Gasteiger charge is -2.21. The molecule has 0 aromatic heterocycles. The average molecular weight is 690 g/mol. The largest absolute Gasteiger partial charge is 0.387 e. The van der Waals surface area contributed by atoms with Crippen molar-refractivity contribution in [1.82, 2.24) is 5.32 Å². The molecule has 0 rings (SSSR count). The molecule has 0 heterocycles. The average Bonchev–Trinajstić information content (AvgIpc) is 3.05. The standard InChI is InChI=1S/C41H71NO5S/c1-3-5-7-9-11-13-15-17-19-20-21-22-23-25-27-29-31-33-35-37-41(44)42-39(38-48(45,46)47)40(43)36-34-32-30-28-26-24-18-16-14-12-10-8-6-4-2/h5,7,11,13,17,19,21-22,25,27,34,36,39-40,43H,3-4,6,8-10,12,14-16,18,20,23-24,26,28-33,35,37-38H2,1-2H3,(H,42,44)(H,45,46,47)/b7-5-,13-11-,19-17-,22-21-,27-25-,36-34+. The fraction of sp³-hybridized carbons (Fsp3) is 0.683. The van der Waals surface area contributed by atoms with Gasteiger partial charge in [-0.2, -0.15) is 8.42 Å². The number of carbonyl (C=O) groups is 1. The van der Waals surface area contributed by atoms with Gasteiger partial charge in [-0.1, -0.05) is 164 Å². The SMILES string of the molecule is CC/C=C\C/C=C\C/C=C\C/C=C\C/C=C\CCCCCC(=O)NC(CS(=O)(=O)O)C(O)/C=C/CCCCCCCCCCCCCC. The summed E-state index contributed by atoms with van der Waals surface area (Å²) in [5.74, 6) is -1.03. The van der Waals surface area contributed by atoms with E-state index in [1.165, 1.54) is 64.2 Å². The highest BCUT2D eigenvalue weighted by Crippen LogP contribution is 2.13. The zero-order valence-corrected chi connectivity index (χ0v) is 31.4. The molecule has 0 saturated heterocycles. The van der Waals surface area contributed by atoms with Crippen molar-refractivity contribution >= 4 is 16.0 Å². The summed E-state index contributed by atoms with van der Waals surface area (Å²) < 4.78 is 32.4. The molecule has 0 radical (unpaired) electrons. The number of unbranched alkanes of at least 4 members (excludes halogenated alkanes) is 15. The fourth-order valence-electron chi connectivity index (χ4n) is 5.30. The number of amides is 1. The summed E-state index contributed by atoms with van der Waals surface area (Å²) in [5.41, 5.74) is 0. The Balaban J connectivity index is 4.07. The Kier molecular flexibility index (Phi) is 33.0. The van der Waals surface area contributed by atoms with Crippen LogP contribution in [0.3, 0.4) is 0 Å². The number of allylic oxidation sites excluding steroid dienone is 11. The summed E-state index contributed by atoms with van der Waals surface area (Å²) in [4.78, 5) is 12.5. The molecule has 0 bridgehead atoms. The van der Waals surface area contributed by atoms with Crippen molar-refractivity contribution in [2.75, 3.05) is 5.75 Å². The first-order chi connectivity index (χ1) is 23.3. The molecule has 48 heavy (non-hydrogen) atoms. The Labute approximate surface area is 295 Å². The molecule has 0 spiro atoms. The van der Waals surface area contributed by atoms with E-state index in [2.05, 4.69) is 79.9 Å². The first kappa shape index (κ1) is 45.8. The summed E-state index contributed by atoms with van der Waals surface area (Å²) in [6.45, 7) is 4.39. The predicted octanol–water partition coefficient (Wildman–Crippen LogP) is 11.1. The lowest BCUT2D eigenvalue weighted by Crippen LogP contribution is -2.46. The maximum absolute atomic E-state index is 12.5. The molecule has 0 aliphatic heterocycles. The molecule has 0 fully saturated rings. The second-order valence-electron chi connectivity index (χ2n) is 12.8. The molecule has 0 aliphatic rings. The van der Waals surface area contributed by atoms with Crippen LogP contribution in [0.5, 0.6) is 0 Å². The second-order valence-corrected chi connectivity index (χ2v) is 14.3. The molecule has 0 aromatic carbocycles. The molecule has 3 N–H and O–H groups in total. The third kappa shape index (κ3) is 35.1. The summed E-state index contributed by atoms with van der Waals surface area (Å²) in [7, 11) is -4.36. The molecule has 2 unspecified atom stereocenters. The minimum absolute atomic E-state index is 0.253. The van der Waals surface area contributed by atoms with Crippen LogP contribution in [-0.4, -0.2) is 41.9 Å². The van der Waals surface area contributed by atoms with Crippen molar-refractivity contribution < 1.29 is 22.9 Å². The monoisotopic (exact) mass is 690 g/mol. The van der Waals surface area contributed by atoms with Crippen molar-refractivity contribution in [1.29, 1.82) is 0 Å². The predicted molar refractivity (Wildman–Crippen MR) is 207 cm³/mol. The van der Waals surface area contributed by atoms with Gasteiger partial charge in [0.15, 0.2) is 0 Å². The van der Waals surface area contributed by atoms with E-state index in [0.717, 1.165) is 70.6 Å². The Morgan fingerprint density at radius 2 is 1.00 bits per heavy atom. The van der Waals surface area contributed by atoms with E-state index in [1.54, 1.807) is 6.08 Å². The molecular weight excluding hydrogens is 619 g/mol. The Morgan fingerprint density at radius 1 is 0.583 bits per heavy atom. The van der Waals surface area contributed by atoms with Crippen LogP contribution >= 0.6 is 0 Å².